The first kappa shape index (κ1) is 52.0. The van der Waals surface area contributed by atoms with Gasteiger partial charge in [0.15, 0.2) is 0 Å². The number of quaternary nitrogens is 2. The molecule has 0 saturated carbocycles. The van der Waals surface area contributed by atoms with Crippen LogP contribution in [0.5, 0.6) is 0 Å². The summed E-state index contributed by atoms with van der Waals surface area (Å²) >= 11 is 0. The largest absolute Gasteiger partial charge is 0.324 e. The fraction of sp³-hybridized carbons (Fsp3) is 1.00. The Morgan fingerprint density at radius 1 is 0.160 bits per heavy atom. The molecule has 0 unspecified atom stereocenters. The van der Waals surface area contributed by atoms with Crippen LogP contribution in [0, 0.1) is 0 Å². The molecule has 0 aliphatic carbocycles. The molecule has 0 N–H and O–H groups in total. The zero-order valence-corrected chi connectivity index (χ0v) is 37.2. The lowest BCUT2D eigenvalue weighted by molar-refractivity contribution is -0.929. The van der Waals surface area contributed by atoms with Gasteiger partial charge in [-0.2, -0.15) is 0 Å². The van der Waals surface area contributed by atoms with E-state index in [1.54, 1.807) is 0 Å². The molecule has 0 aliphatic heterocycles. The highest BCUT2D eigenvalue weighted by Crippen LogP contribution is 2.21. The average molecular weight is 709 g/mol. The van der Waals surface area contributed by atoms with Crippen molar-refractivity contribution in [3.63, 3.8) is 0 Å². The zero-order valence-electron chi connectivity index (χ0n) is 37.2. The van der Waals surface area contributed by atoms with E-state index in [-0.39, 0.29) is 0 Å². The Morgan fingerprint density at radius 3 is 0.380 bits per heavy atom. The molecule has 0 rings (SSSR count). The highest BCUT2D eigenvalue weighted by molar-refractivity contribution is 4.55. The number of nitrogens with zero attached hydrogens (tertiary/aromatic N) is 2. The lowest BCUT2D eigenvalue weighted by Crippen LogP contribution is -2.50. The third kappa shape index (κ3) is 33.7. The second kappa shape index (κ2) is 41.7. The normalized spacial score (nSPS) is 12.0. The topological polar surface area (TPSA) is 0 Å². The minimum absolute atomic E-state index is 1.36. The highest BCUT2D eigenvalue weighted by atomic mass is 15.4. The summed E-state index contributed by atoms with van der Waals surface area (Å²) in [4.78, 5) is 0. The standard InChI is InChI=1S/2C24H52N/c2*1-5-9-13-17-21-25(22-18-14-10-6-2,23-19-15-11-7-3)24-20-16-12-8-4/h2*5-24H2,1-4H3/q2*+1. The summed E-state index contributed by atoms with van der Waals surface area (Å²) in [5.41, 5.74) is 0. The smallest absolute Gasteiger partial charge is 0.0786 e. The van der Waals surface area contributed by atoms with Crippen molar-refractivity contribution in [3.8, 4) is 0 Å². The lowest BCUT2D eigenvalue weighted by Gasteiger charge is -2.39. The van der Waals surface area contributed by atoms with Crippen molar-refractivity contribution in [2.24, 2.45) is 0 Å². The minimum Gasteiger partial charge on any atom is -0.324 e. The molecule has 0 atom stereocenters. The number of hydrogen-bond donors (Lipinski definition) is 0. The third-order valence-corrected chi connectivity index (χ3v) is 11.9. The Kier molecular flexibility index (Phi) is 43.4. The molecule has 0 fully saturated rings. The van der Waals surface area contributed by atoms with Crippen molar-refractivity contribution < 1.29 is 8.97 Å². The predicted octanol–water partition coefficient (Wildman–Crippen LogP) is 16.2. The summed E-state index contributed by atoms with van der Waals surface area (Å²) < 4.78 is 2.92. The van der Waals surface area contributed by atoms with E-state index < -0.39 is 0 Å². The molecule has 0 aromatic heterocycles. The Hall–Kier alpha value is -0.0800. The van der Waals surface area contributed by atoms with E-state index in [2.05, 4.69) is 55.4 Å². The molecule has 2 heteroatoms. The quantitative estimate of drug-likeness (QED) is 0.0439. The van der Waals surface area contributed by atoms with Crippen molar-refractivity contribution in [2.75, 3.05) is 52.4 Å². The van der Waals surface area contributed by atoms with Gasteiger partial charge in [-0.25, -0.2) is 0 Å². The molecule has 0 heterocycles. The minimum atomic E-state index is 1.36. The van der Waals surface area contributed by atoms with Gasteiger partial charge in [0.25, 0.3) is 0 Å². The summed E-state index contributed by atoms with van der Waals surface area (Å²) in [6, 6.07) is 0. The first-order valence-electron chi connectivity index (χ1n) is 24.2. The van der Waals surface area contributed by atoms with Gasteiger partial charge < -0.3 is 8.97 Å². The van der Waals surface area contributed by atoms with Crippen molar-refractivity contribution >= 4 is 0 Å². The predicted molar refractivity (Wildman–Crippen MR) is 233 cm³/mol. The molecule has 0 saturated heterocycles. The van der Waals surface area contributed by atoms with Crippen LogP contribution in [-0.2, 0) is 0 Å². The summed E-state index contributed by atoms with van der Waals surface area (Å²) in [6.45, 7) is 30.4. The highest BCUT2D eigenvalue weighted by Gasteiger charge is 2.27. The van der Waals surface area contributed by atoms with Crippen LogP contribution in [0.4, 0.5) is 0 Å². The van der Waals surface area contributed by atoms with Crippen molar-refractivity contribution in [1.29, 1.82) is 0 Å². The van der Waals surface area contributed by atoms with Gasteiger partial charge in [0.1, 0.15) is 0 Å². The first-order chi connectivity index (χ1) is 24.5. The molecule has 0 aromatic rings. The Morgan fingerprint density at radius 2 is 0.280 bits per heavy atom. The number of rotatable bonds is 40. The van der Waals surface area contributed by atoms with Crippen LogP contribution in [-0.4, -0.2) is 61.3 Å². The van der Waals surface area contributed by atoms with Crippen molar-refractivity contribution in [3.05, 3.63) is 0 Å². The van der Waals surface area contributed by atoms with Crippen molar-refractivity contribution in [2.45, 2.75) is 261 Å². The van der Waals surface area contributed by atoms with Gasteiger partial charge in [-0.15, -0.1) is 0 Å². The molecular formula is C48H104N2+2. The Balaban J connectivity index is 0. The first-order valence-corrected chi connectivity index (χ1v) is 24.2. The molecule has 0 spiro atoms. The Labute approximate surface area is 321 Å². The van der Waals surface area contributed by atoms with E-state index in [4.69, 9.17) is 0 Å². The molecule has 304 valence electrons. The zero-order chi connectivity index (χ0) is 37.3. The van der Waals surface area contributed by atoms with Gasteiger partial charge in [0, 0.05) is 0 Å². The van der Waals surface area contributed by atoms with Crippen LogP contribution in [0.1, 0.15) is 261 Å². The van der Waals surface area contributed by atoms with Crippen LogP contribution in [0.25, 0.3) is 0 Å². The van der Waals surface area contributed by atoms with Gasteiger partial charge >= 0.3 is 0 Å². The van der Waals surface area contributed by atoms with E-state index in [1.807, 2.05) is 0 Å². The van der Waals surface area contributed by atoms with Gasteiger partial charge in [0.2, 0.25) is 0 Å². The molecule has 0 amide bonds. The van der Waals surface area contributed by atoms with Gasteiger partial charge in [-0.3, -0.25) is 0 Å². The van der Waals surface area contributed by atoms with E-state index in [9.17, 15) is 0 Å². The fourth-order valence-corrected chi connectivity index (χ4v) is 8.33. The van der Waals surface area contributed by atoms with Gasteiger partial charge in [0.05, 0.1) is 52.4 Å². The van der Waals surface area contributed by atoms with E-state index >= 15 is 0 Å². The molecule has 0 bridgehead atoms. The maximum Gasteiger partial charge on any atom is 0.0786 e. The van der Waals surface area contributed by atoms with Crippen LogP contribution in [0.15, 0.2) is 0 Å². The number of unbranched alkanes of at least 4 members (excludes halogenated alkanes) is 24. The van der Waals surface area contributed by atoms with Crippen LogP contribution in [0.3, 0.4) is 0 Å². The molecular weight excluding hydrogens is 605 g/mol. The third-order valence-electron chi connectivity index (χ3n) is 11.9. The van der Waals surface area contributed by atoms with Crippen LogP contribution in [0.2, 0.25) is 0 Å². The van der Waals surface area contributed by atoms with E-state index in [1.165, 1.54) is 267 Å². The Bertz CT molecular complexity index is 442. The molecule has 0 aliphatic rings. The van der Waals surface area contributed by atoms with E-state index in [0.29, 0.717) is 0 Å². The van der Waals surface area contributed by atoms with Crippen molar-refractivity contribution in [1.82, 2.24) is 0 Å². The summed E-state index contributed by atoms with van der Waals surface area (Å²) in [5, 5.41) is 0. The summed E-state index contributed by atoms with van der Waals surface area (Å²) in [5.74, 6) is 0. The lowest BCUT2D eigenvalue weighted by atomic mass is 10.1. The number of hydrogen-bond acceptors (Lipinski definition) is 0. The van der Waals surface area contributed by atoms with Crippen LogP contribution < -0.4 is 0 Å². The molecule has 0 radical (unpaired) electrons. The fourth-order valence-electron chi connectivity index (χ4n) is 8.33. The van der Waals surface area contributed by atoms with Crippen LogP contribution >= 0.6 is 0 Å². The monoisotopic (exact) mass is 709 g/mol. The maximum absolute atomic E-state index is 2.34. The second-order valence-electron chi connectivity index (χ2n) is 17.0. The van der Waals surface area contributed by atoms with Gasteiger partial charge in [-0.05, 0) is 103 Å². The average Bonchev–Trinajstić information content (AvgIpc) is 3.13. The maximum atomic E-state index is 2.34. The molecule has 50 heavy (non-hydrogen) atoms. The van der Waals surface area contributed by atoms with Gasteiger partial charge in [-0.1, -0.05) is 158 Å². The SMILES string of the molecule is CCCCCC[N+](CCCCCC)(CCCCCC)CCCCCC.CCCCCC[N+](CCCCCC)(CCCCCC)CCCCCC. The van der Waals surface area contributed by atoms with E-state index in [0.717, 1.165) is 0 Å². The summed E-state index contributed by atoms with van der Waals surface area (Å²) in [6.07, 6.45) is 45.7. The second-order valence-corrected chi connectivity index (χ2v) is 17.0. The molecule has 0 aromatic carbocycles. The summed E-state index contributed by atoms with van der Waals surface area (Å²) in [7, 11) is 0. The molecule has 2 nitrogen and oxygen atoms in total.